The van der Waals surface area contributed by atoms with Crippen molar-refractivity contribution in [3.63, 3.8) is 0 Å². The van der Waals surface area contributed by atoms with Crippen LogP contribution in [0.2, 0.25) is 0 Å². The molecular formula is C6H10NOPt-. The van der Waals surface area contributed by atoms with E-state index in [1.807, 2.05) is 0 Å². The zero-order chi connectivity index (χ0) is 6.41. The third-order valence-corrected chi connectivity index (χ3v) is 0.903. The third kappa shape index (κ3) is 5.77. The van der Waals surface area contributed by atoms with E-state index in [1.165, 1.54) is 0 Å². The molecule has 0 aromatic heterocycles. The first-order valence-corrected chi connectivity index (χ1v) is 2.57. The van der Waals surface area contributed by atoms with Crippen molar-refractivity contribution >= 4 is 5.91 Å². The van der Waals surface area contributed by atoms with E-state index in [9.17, 15) is 4.79 Å². The van der Waals surface area contributed by atoms with Crippen LogP contribution < -0.4 is 5.32 Å². The summed E-state index contributed by atoms with van der Waals surface area (Å²) >= 11 is 0. The molecule has 0 unspecified atom stereocenters. The molecule has 2 nitrogen and oxygen atoms in total. The topological polar surface area (TPSA) is 29.1 Å². The molecule has 3 heteroatoms. The molecule has 0 bridgehead atoms. The predicted molar refractivity (Wildman–Crippen MR) is 32.2 cm³/mol. The standard InChI is InChI=1S/C4H7NO.C2H3.Pt/c6-4-2-1-3-5-4;1-2;/h1-3H2,(H,5,6);1H,2H2;/q;-1;. The molecule has 0 atom stereocenters. The van der Waals surface area contributed by atoms with Crippen LogP contribution in [0.1, 0.15) is 12.8 Å². The molecule has 0 saturated carbocycles. The molecule has 1 N–H and O–H groups in total. The van der Waals surface area contributed by atoms with E-state index in [1.54, 1.807) is 0 Å². The zero-order valence-corrected chi connectivity index (χ0v) is 7.40. The molecule has 0 aromatic rings. The van der Waals surface area contributed by atoms with Gasteiger partial charge in [-0.05, 0) is 6.42 Å². The Hall–Kier alpha value is -0.102. The fraction of sp³-hybridized carbons (Fsp3) is 0.500. The Morgan fingerprint density at radius 2 is 2.11 bits per heavy atom. The maximum Gasteiger partial charge on any atom is 0.220 e. The summed E-state index contributed by atoms with van der Waals surface area (Å²) in [6.45, 7) is 7.89. The van der Waals surface area contributed by atoms with Crippen molar-refractivity contribution in [1.29, 1.82) is 0 Å². The molecule has 56 valence electrons. The monoisotopic (exact) mass is 307 g/mol. The van der Waals surface area contributed by atoms with Crippen LogP contribution in [0.25, 0.3) is 0 Å². The largest absolute Gasteiger partial charge is 0.521 e. The van der Waals surface area contributed by atoms with E-state index in [0.717, 1.165) is 19.4 Å². The molecule has 0 radical (unpaired) electrons. The van der Waals surface area contributed by atoms with E-state index >= 15 is 0 Å². The first kappa shape index (κ1) is 11.7. The van der Waals surface area contributed by atoms with Gasteiger partial charge in [-0.25, -0.2) is 0 Å². The molecule has 1 rings (SSSR count). The van der Waals surface area contributed by atoms with E-state index in [4.69, 9.17) is 0 Å². The molecule has 0 aromatic carbocycles. The van der Waals surface area contributed by atoms with Crippen LogP contribution in [-0.2, 0) is 25.9 Å². The minimum atomic E-state index is 0. The first-order chi connectivity index (χ1) is 3.89. The number of amides is 1. The van der Waals surface area contributed by atoms with Gasteiger partial charge in [0.25, 0.3) is 0 Å². The third-order valence-electron chi connectivity index (χ3n) is 0.903. The SMILES string of the molecule is O=C1CCCN1.[CH-]=C.[Pt]. The van der Waals surface area contributed by atoms with Crippen LogP contribution in [0.15, 0.2) is 6.58 Å². The fourth-order valence-corrected chi connectivity index (χ4v) is 0.565. The Kier molecular flexibility index (Phi) is 10.2. The number of carbonyl (C=O) groups excluding carboxylic acids is 1. The van der Waals surface area contributed by atoms with Gasteiger partial charge in [0.2, 0.25) is 5.91 Å². The van der Waals surface area contributed by atoms with Gasteiger partial charge >= 0.3 is 0 Å². The molecule has 1 heterocycles. The number of hydrogen-bond acceptors (Lipinski definition) is 1. The summed E-state index contributed by atoms with van der Waals surface area (Å²) in [5.74, 6) is 0.204. The average Bonchev–Trinajstić information content (AvgIpc) is 2.24. The summed E-state index contributed by atoms with van der Waals surface area (Å²) in [6.07, 6.45) is 1.76. The minimum absolute atomic E-state index is 0. The van der Waals surface area contributed by atoms with Gasteiger partial charge in [0.05, 0.1) is 0 Å². The molecule has 0 aliphatic carbocycles. The quantitative estimate of drug-likeness (QED) is 0.649. The van der Waals surface area contributed by atoms with Gasteiger partial charge < -0.3 is 11.9 Å². The Balaban J connectivity index is 0. The molecule has 0 spiro atoms. The summed E-state index contributed by atoms with van der Waals surface area (Å²) < 4.78 is 0. The van der Waals surface area contributed by atoms with Crippen LogP contribution in [0.4, 0.5) is 0 Å². The molecule has 1 aliphatic heterocycles. The summed E-state index contributed by atoms with van der Waals surface area (Å²) in [5.41, 5.74) is 0. The van der Waals surface area contributed by atoms with Gasteiger partial charge in [-0.15, -0.1) is 0 Å². The average molecular weight is 307 g/mol. The second kappa shape index (κ2) is 7.90. The predicted octanol–water partition coefficient (Wildman–Crippen LogP) is 0.499. The number of hydrogen-bond donors (Lipinski definition) is 1. The Labute approximate surface area is 70.0 Å². The zero-order valence-electron chi connectivity index (χ0n) is 5.13. The van der Waals surface area contributed by atoms with Gasteiger partial charge in [0, 0.05) is 34.0 Å². The Morgan fingerprint density at radius 1 is 1.56 bits per heavy atom. The molecule has 1 saturated heterocycles. The molecule has 1 fully saturated rings. The summed E-state index contributed by atoms with van der Waals surface area (Å²) in [6, 6.07) is 0. The van der Waals surface area contributed by atoms with Crippen molar-refractivity contribution in [1.82, 2.24) is 5.32 Å². The van der Waals surface area contributed by atoms with Gasteiger partial charge in [0.15, 0.2) is 0 Å². The Morgan fingerprint density at radius 3 is 2.22 bits per heavy atom. The van der Waals surface area contributed by atoms with Crippen molar-refractivity contribution in [2.75, 3.05) is 6.54 Å². The van der Waals surface area contributed by atoms with Crippen LogP contribution >= 0.6 is 0 Å². The van der Waals surface area contributed by atoms with Crippen LogP contribution in [-0.4, -0.2) is 12.5 Å². The molecule has 1 amide bonds. The van der Waals surface area contributed by atoms with E-state index in [2.05, 4.69) is 18.5 Å². The van der Waals surface area contributed by atoms with Crippen molar-refractivity contribution in [2.45, 2.75) is 12.8 Å². The number of nitrogens with one attached hydrogen (secondary N) is 1. The van der Waals surface area contributed by atoms with E-state index < -0.39 is 0 Å². The van der Waals surface area contributed by atoms with Gasteiger partial charge in [-0.2, -0.15) is 0 Å². The van der Waals surface area contributed by atoms with Crippen LogP contribution in [0.3, 0.4) is 0 Å². The van der Waals surface area contributed by atoms with Crippen molar-refractivity contribution in [3.05, 3.63) is 13.2 Å². The molecular weight excluding hydrogens is 297 g/mol. The minimum Gasteiger partial charge on any atom is -0.521 e. The Bertz CT molecular complexity index is 77.1. The smallest absolute Gasteiger partial charge is 0.220 e. The summed E-state index contributed by atoms with van der Waals surface area (Å²) in [4.78, 5) is 10.1. The molecule has 9 heavy (non-hydrogen) atoms. The van der Waals surface area contributed by atoms with E-state index in [0.29, 0.717) is 0 Å². The number of rotatable bonds is 0. The van der Waals surface area contributed by atoms with Gasteiger partial charge in [-0.1, -0.05) is 0 Å². The van der Waals surface area contributed by atoms with E-state index in [-0.39, 0.29) is 27.0 Å². The first-order valence-electron chi connectivity index (χ1n) is 2.57. The van der Waals surface area contributed by atoms with Crippen LogP contribution in [0.5, 0.6) is 0 Å². The summed E-state index contributed by atoms with van der Waals surface area (Å²) in [7, 11) is 0. The van der Waals surface area contributed by atoms with Gasteiger partial charge in [0.1, 0.15) is 0 Å². The molecule has 1 aliphatic rings. The number of carbonyl (C=O) groups is 1. The second-order valence-electron chi connectivity index (χ2n) is 1.45. The van der Waals surface area contributed by atoms with Crippen molar-refractivity contribution in [3.8, 4) is 0 Å². The van der Waals surface area contributed by atoms with Crippen molar-refractivity contribution in [2.24, 2.45) is 0 Å². The second-order valence-corrected chi connectivity index (χ2v) is 1.45. The van der Waals surface area contributed by atoms with Gasteiger partial charge in [-0.3, -0.25) is 11.4 Å². The fourth-order valence-electron chi connectivity index (χ4n) is 0.565. The summed E-state index contributed by atoms with van der Waals surface area (Å²) in [5, 5.41) is 2.68. The maximum absolute atomic E-state index is 10.1. The van der Waals surface area contributed by atoms with Crippen LogP contribution in [0, 0.1) is 6.58 Å². The maximum atomic E-state index is 10.1. The normalized spacial score (nSPS) is 14.4. The van der Waals surface area contributed by atoms with Crippen molar-refractivity contribution < 1.29 is 25.9 Å².